The third-order valence-electron chi connectivity index (χ3n) is 3.88. The monoisotopic (exact) mass is 482 g/mol. The molecule has 146 valence electrons. The fraction of sp³-hybridized carbons (Fsp3) is 0.300. The second-order valence-corrected chi connectivity index (χ2v) is 5.88. The van der Waals surface area contributed by atoms with Crippen LogP contribution in [0.5, 0.6) is 0 Å². The Morgan fingerprint density at radius 1 is 1.30 bits per heavy atom. The number of guanidine groups is 1. The zero-order valence-corrected chi connectivity index (χ0v) is 18.1. The number of aliphatic imine (C=N–C) groups is 1. The molecule has 2 rings (SSSR count). The van der Waals surface area contributed by atoms with E-state index in [1.54, 1.807) is 19.2 Å². The van der Waals surface area contributed by atoms with Crippen molar-refractivity contribution < 1.29 is 9.21 Å². The highest BCUT2D eigenvalue weighted by atomic mass is 127. The molecule has 0 atom stereocenters. The lowest BCUT2D eigenvalue weighted by Crippen LogP contribution is -2.38. The molecule has 1 aromatic carbocycles. The molecular weight excluding hydrogens is 455 g/mol. The summed E-state index contributed by atoms with van der Waals surface area (Å²) in [7, 11) is 3.80. The average Bonchev–Trinajstić information content (AvgIpc) is 3.18. The van der Waals surface area contributed by atoms with E-state index in [0.717, 1.165) is 36.6 Å². The van der Waals surface area contributed by atoms with Crippen LogP contribution >= 0.6 is 24.0 Å². The number of hydrogen-bond donors (Lipinski definition) is 2. The van der Waals surface area contributed by atoms with Crippen LogP contribution in [0.1, 0.15) is 29.0 Å². The Labute approximate surface area is 177 Å². The van der Waals surface area contributed by atoms with Crippen molar-refractivity contribution in [2.24, 2.45) is 4.99 Å². The highest BCUT2D eigenvalue weighted by molar-refractivity contribution is 14.0. The second-order valence-electron chi connectivity index (χ2n) is 5.88. The van der Waals surface area contributed by atoms with Crippen molar-refractivity contribution in [2.45, 2.75) is 19.4 Å². The lowest BCUT2D eigenvalue weighted by Gasteiger charge is -2.22. The Morgan fingerprint density at radius 3 is 2.63 bits per heavy atom. The van der Waals surface area contributed by atoms with Crippen molar-refractivity contribution >= 4 is 41.5 Å². The van der Waals surface area contributed by atoms with E-state index in [4.69, 9.17) is 4.42 Å². The zero-order valence-electron chi connectivity index (χ0n) is 15.8. The van der Waals surface area contributed by atoms with Gasteiger partial charge in [0.15, 0.2) is 11.7 Å². The molecule has 0 unspecified atom stereocenters. The molecule has 27 heavy (non-hydrogen) atoms. The number of amides is 1. The van der Waals surface area contributed by atoms with E-state index in [1.807, 2.05) is 37.4 Å². The van der Waals surface area contributed by atoms with Gasteiger partial charge in [-0.15, -0.1) is 30.6 Å². The highest BCUT2D eigenvalue weighted by Crippen LogP contribution is 2.12. The summed E-state index contributed by atoms with van der Waals surface area (Å²) < 4.78 is 5.08. The fourth-order valence-corrected chi connectivity index (χ4v) is 2.45. The summed E-state index contributed by atoms with van der Waals surface area (Å²) in [5.74, 6) is 0.880. The topological polar surface area (TPSA) is 69.9 Å². The van der Waals surface area contributed by atoms with E-state index in [1.165, 1.54) is 6.26 Å². The Balaban J connectivity index is 0.00000364. The fourth-order valence-electron chi connectivity index (χ4n) is 2.45. The number of halogens is 1. The third kappa shape index (κ3) is 7.46. The maximum absolute atomic E-state index is 12.0. The molecule has 0 bridgehead atoms. The first-order valence-electron chi connectivity index (χ1n) is 8.60. The number of hydrogen-bond acceptors (Lipinski definition) is 3. The van der Waals surface area contributed by atoms with Gasteiger partial charge in [-0.25, -0.2) is 0 Å². The molecular formula is C20H27IN4O2. The lowest BCUT2D eigenvalue weighted by molar-refractivity contribution is 0.0996. The van der Waals surface area contributed by atoms with Crippen LogP contribution in [0.15, 0.2) is 64.7 Å². The van der Waals surface area contributed by atoms with E-state index in [9.17, 15) is 4.79 Å². The van der Waals surface area contributed by atoms with Gasteiger partial charge in [0.25, 0.3) is 5.91 Å². The predicted octanol–water partition coefficient (Wildman–Crippen LogP) is 4.12. The second kappa shape index (κ2) is 12.2. The normalized spacial score (nSPS) is 10.7. The molecule has 0 aliphatic carbocycles. The summed E-state index contributed by atoms with van der Waals surface area (Å²) in [6, 6.07) is 11.0. The number of nitrogens with one attached hydrogen (secondary N) is 2. The molecule has 6 nitrogen and oxygen atoms in total. The van der Waals surface area contributed by atoms with Crippen molar-refractivity contribution in [1.29, 1.82) is 0 Å². The predicted molar refractivity (Wildman–Crippen MR) is 121 cm³/mol. The molecule has 2 N–H and O–H groups in total. The number of allylic oxidation sites excluding steroid dienone is 1. The SMILES string of the molecule is C=CCCCN(C)C(=NC)NCc1ccc(NC(=O)c2ccco2)cc1.I. The van der Waals surface area contributed by atoms with E-state index in [0.29, 0.717) is 12.3 Å². The molecule has 0 spiro atoms. The summed E-state index contributed by atoms with van der Waals surface area (Å²) in [5, 5.41) is 6.14. The molecule has 0 aliphatic rings. The summed E-state index contributed by atoms with van der Waals surface area (Å²) in [5.41, 5.74) is 1.82. The number of carbonyl (C=O) groups excluding carboxylic acids is 1. The Kier molecular flexibility index (Phi) is 10.2. The average molecular weight is 482 g/mol. The number of unbranched alkanes of at least 4 members (excludes halogenated alkanes) is 1. The highest BCUT2D eigenvalue weighted by Gasteiger charge is 2.09. The van der Waals surface area contributed by atoms with Gasteiger partial charge in [0.1, 0.15) is 0 Å². The van der Waals surface area contributed by atoms with Gasteiger partial charge in [0, 0.05) is 32.9 Å². The number of anilines is 1. The molecule has 2 aromatic rings. The van der Waals surface area contributed by atoms with Crippen molar-refractivity contribution in [3.63, 3.8) is 0 Å². The number of carbonyl (C=O) groups is 1. The summed E-state index contributed by atoms with van der Waals surface area (Å²) >= 11 is 0. The molecule has 0 saturated carbocycles. The number of nitrogens with zero attached hydrogens (tertiary/aromatic N) is 2. The smallest absolute Gasteiger partial charge is 0.291 e. The molecule has 1 heterocycles. The van der Waals surface area contributed by atoms with Crippen molar-refractivity contribution in [3.05, 3.63) is 66.6 Å². The quantitative estimate of drug-likeness (QED) is 0.195. The summed E-state index contributed by atoms with van der Waals surface area (Å²) in [6.07, 6.45) is 5.44. The van der Waals surface area contributed by atoms with E-state index < -0.39 is 0 Å². The Bertz CT molecular complexity index is 727. The van der Waals surface area contributed by atoms with Gasteiger partial charge in [-0.2, -0.15) is 0 Å². The van der Waals surface area contributed by atoms with E-state index >= 15 is 0 Å². The molecule has 0 fully saturated rings. The van der Waals surface area contributed by atoms with Gasteiger partial charge in [0.05, 0.1) is 6.26 Å². The van der Waals surface area contributed by atoms with Gasteiger partial charge in [0.2, 0.25) is 0 Å². The van der Waals surface area contributed by atoms with Crippen LogP contribution in [0.2, 0.25) is 0 Å². The standard InChI is InChI=1S/C20H26N4O2.HI/c1-4-5-6-13-24(3)20(21-2)22-15-16-9-11-17(12-10-16)23-19(25)18-8-7-14-26-18;/h4,7-12,14H,1,5-6,13,15H2,2-3H3,(H,21,22)(H,23,25);1H. The largest absolute Gasteiger partial charge is 0.459 e. The maximum atomic E-state index is 12.0. The maximum Gasteiger partial charge on any atom is 0.291 e. The van der Waals surface area contributed by atoms with Crippen LogP contribution in [0.25, 0.3) is 0 Å². The summed E-state index contributed by atoms with van der Waals surface area (Å²) in [6.45, 7) is 5.32. The van der Waals surface area contributed by atoms with Crippen molar-refractivity contribution in [1.82, 2.24) is 10.2 Å². The van der Waals surface area contributed by atoms with Crippen LogP contribution in [0.4, 0.5) is 5.69 Å². The molecule has 1 aromatic heterocycles. The van der Waals surface area contributed by atoms with Gasteiger partial charge in [-0.1, -0.05) is 18.2 Å². The first kappa shape index (κ1) is 22.8. The van der Waals surface area contributed by atoms with Gasteiger partial charge in [-0.3, -0.25) is 9.79 Å². The van der Waals surface area contributed by atoms with Gasteiger partial charge in [-0.05, 0) is 42.7 Å². The number of benzene rings is 1. The molecule has 0 saturated heterocycles. The van der Waals surface area contributed by atoms with E-state index in [2.05, 4.69) is 27.1 Å². The van der Waals surface area contributed by atoms with Crippen LogP contribution in [-0.4, -0.2) is 37.4 Å². The van der Waals surface area contributed by atoms with Crippen LogP contribution in [-0.2, 0) is 6.54 Å². The van der Waals surface area contributed by atoms with E-state index in [-0.39, 0.29) is 29.9 Å². The van der Waals surface area contributed by atoms with Gasteiger partial charge >= 0.3 is 0 Å². The minimum Gasteiger partial charge on any atom is -0.459 e. The molecule has 1 amide bonds. The van der Waals surface area contributed by atoms with Crippen molar-refractivity contribution in [3.8, 4) is 0 Å². The third-order valence-corrected chi connectivity index (χ3v) is 3.88. The number of rotatable bonds is 8. The van der Waals surface area contributed by atoms with Gasteiger partial charge < -0.3 is 20.0 Å². The number of furan rings is 1. The van der Waals surface area contributed by atoms with Crippen LogP contribution in [0, 0.1) is 0 Å². The minimum atomic E-state index is -0.262. The first-order valence-corrected chi connectivity index (χ1v) is 8.60. The molecule has 0 aliphatic heterocycles. The zero-order chi connectivity index (χ0) is 18.8. The van der Waals surface area contributed by atoms with Crippen LogP contribution < -0.4 is 10.6 Å². The lowest BCUT2D eigenvalue weighted by atomic mass is 10.2. The molecule has 0 radical (unpaired) electrons. The summed E-state index contributed by atoms with van der Waals surface area (Å²) in [4.78, 5) is 18.4. The molecule has 7 heteroatoms. The first-order chi connectivity index (χ1) is 12.6. The van der Waals surface area contributed by atoms with Crippen molar-refractivity contribution in [2.75, 3.05) is 26.0 Å². The minimum absolute atomic E-state index is 0. The van der Waals surface area contributed by atoms with Crippen LogP contribution in [0.3, 0.4) is 0 Å². The Hall–Kier alpha value is -2.29. The Morgan fingerprint density at radius 2 is 2.04 bits per heavy atom.